The molecule has 2 aromatic carbocycles. The third-order valence-corrected chi connectivity index (χ3v) is 5.29. The molecule has 0 radical (unpaired) electrons. The van der Waals surface area contributed by atoms with Crippen LogP contribution in [0.1, 0.15) is 34.4 Å². The second kappa shape index (κ2) is 10.3. The van der Waals surface area contributed by atoms with Gasteiger partial charge in [0.25, 0.3) is 5.91 Å². The number of carbonyl (C=O) groups excluding carboxylic acids is 1. The maximum absolute atomic E-state index is 12.5. The standard InChI is InChI=1S/C25H24ClN3O4/c1-3-18-7-9-20(10-8-18)32-16-29-14-19(13-27-29)28-25(30)23-12-11-21(33-23)15-31-24-17(2)5-4-6-22(24)26/h4-14H,3,15-16H2,1-2H3,(H,28,30). The summed E-state index contributed by atoms with van der Waals surface area (Å²) in [6.45, 7) is 4.40. The largest absolute Gasteiger partial charge is 0.484 e. The Morgan fingerprint density at radius 1 is 1.12 bits per heavy atom. The fourth-order valence-corrected chi connectivity index (χ4v) is 3.45. The van der Waals surface area contributed by atoms with Crippen LogP contribution < -0.4 is 14.8 Å². The zero-order valence-electron chi connectivity index (χ0n) is 18.4. The number of halogens is 1. The number of para-hydroxylation sites is 1. The van der Waals surface area contributed by atoms with E-state index >= 15 is 0 Å². The van der Waals surface area contributed by atoms with Gasteiger partial charge in [0.2, 0.25) is 0 Å². The lowest BCUT2D eigenvalue weighted by molar-refractivity contribution is 0.0992. The molecule has 1 amide bonds. The Kier molecular flexibility index (Phi) is 7.00. The normalized spacial score (nSPS) is 10.8. The molecule has 0 saturated heterocycles. The first-order valence-electron chi connectivity index (χ1n) is 10.5. The van der Waals surface area contributed by atoms with Crippen molar-refractivity contribution in [2.24, 2.45) is 0 Å². The number of aromatic nitrogens is 2. The molecule has 8 heteroatoms. The zero-order chi connectivity index (χ0) is 23.2. The van der Waals surface area contributed by atoms with E-state index in [0.717, 1.165) is 17.7 Å². The Morgan fingerprint density at radius 3 is 2.70 bits per heavy atom. The van der Waals surface area contributed by atoms with Crippen molar-refractivity contribution < 1.29 is 18.7 Å². The van der Waals surface area contributed by atoms with Crippen molar-refractivity contribution in [3.8, 4) is 11.5 Å². The average Bonchev–Trinajstić information content (AvgIpc) is 3.47. The van der Waals surface area contributed by atoms with Crippen molar-refractivity contribution in [1.82, 2.24) is 9.78 Å². The van der Waals surface area contributed by atoms with Crippen LogP contribution >= 0.6 is 11.6 Å². The molecule has 170 valence electrons. The summed E-state index contributed by atoms with van der Waals surface area (Å²) in [7, 11) is 0. The van der Waals surface area contributed by atoms with E-state index in [2.05, 4.69) is 17.3 Å². The lowest BCUT2D eigenvalue weighted by atomic mass is 10.2. The van der Waals surface area contributed by atoms with Crippen LogP contribution in [0.4, 0.5) is 5.69 Å². The number of hydrogen-bond donors (Lipinski definition) is 1. The third-order valence-electron chi connectivity index (χ3n) is 4.99. The quantitative estimate of drug-likeness (QED) is 0.334. The van der Waals surface area contributed by atoms with Gasteiger partial charge in [-0.25, -0.2) is 4.68 Å². The summed E-state index contributed by atoms with van der Waals surface area (Å²) in [6, 6.07) is 16.7. The Bertz CT molecular complexity index is 1210. The van der Waals surface area contributed by atoms with E-state index in [-0.39, 0.29) is 25.0 Å². The predicted octanol–water partition coefficient (Wildman–Crippen LogP) is 5.87. The lowest BCUT2D eigenvalue weighted by Crippen LogP contribution is -2.10. The van der Waals surface area contributed by atoms with E-state index in [1.54, 1.807) is 35.3 Å². The molecule has 0 fully saturated rings. The number of rotatable bonds is 9. The zero-order valence-corrected chi connectivity index (χ0v) is 19.1. The Morgan fingerprint density at radius 2 is 1.94 bits per heavy atom. The van der Waals surface area contributed by atoms with Crippen LogP contribution in [0.5, 0.6) is 11.5 Å². The monoisotopic (exact) mass is 465 g/mol. The number of carbonyl (C=O) groups is 1. The Labute approximate surface area is 196 Å². The highest BCUT2D eigenvalue weighted by atomic mass is 35.5. The van der Waals surface area contributed by atoms with E-state index in [0.29, 0.717) is 22.2 Å². The second-order valence-corrected chi connectivity index (χ2v) is 7.84. The third kappa shape index (κ3) is 5.75. The van der Waals surface area contributed by atoms with Crippen molar-refractivity contribution in [3.05, 3.63) is 94.7 Å². The van der Waals surface area contributed by atoms with E-state index in [1.165, 1.54) is 5.56 Å². The first-order valence-corrected chi connectivity index (χ1v) is 10.9. The summed E-state index contributed by atoms with van der Waals surface area (Å²) in [4.78, 5) is 12.5. The van der Waals surface area contributed by atoms with Crippen molar-refractivity contribution >= 4 is 23.2 Å². The SMILES string of the molecule is CCc1ccc(OCn2cc(NC(=O)c3ccc(COc4c(C)cccc4Cl)o3)cn2)cc1. The molecular formula is C25H24ClN3O4. The second-order valence-electron chi connectivity index (χ2n) is 7.43. The molecule has 4 rings (SSSR count). The molecule has 7 nitrogen and oxygen atoms in total. The predicted molar refractivity (Wildman–Crippen MR) is 126 cm³/mol. The average molecular weight is 466 g/mol. The molecule has 0 bridgehead atoms. The minimum atomic E-state index is -0.384. The topological polar surface area (TPSA) is 78.5 Å². The van der Waals surface area contributed by atoms with Gasteiger partial charge in [-0.15, -0.1) is 0 Å². The number of anilines is 1. The number of aryl methyl sites for hydroxylation is 2. The van der Waals surface area contributed by atoms with Gasteiger partial charge < -0.3 is 19.2 Å². The molecule has 0 aliphatic carbocycles. The molecular weight excluding hydrogens is 442 g/mol. The highest BCUT2D eigenvalue weighted by Crippen LogP contribution is 2.28. The summed E-state index contributed by atoms with van der Waals surface area (Å²) in [5.74, 6) is 1.65. The van der Waals surface area contributed by atoms with Crippen LogP contribution in [0.3, 0.4) is 0 Å². The fraction of sp³-hybridized carbons (Fsp3) is 0.200. The molecule has 0 spiro atoms. The molecule has 0 atom stereocenters. The van der Waals surface area contributed by atoms with Gasteiger partial charge in [-0.2, -0.15) is 5.10 Å². The summed E-state index contributed by atoms with van der Waals surface area (Å²) in [5.41, 5.74) is 2.70. The summed E-state index contributed by atoms with van der Waals surface area (Å²) in [5, 5.41) is 7.50. The smallest absolute Gasteiger partial charge is 0.291 e. The summed E-state index contributed by atoms with van der Waals surface area (Å²) < 4.78 is 18.7. The molecule has 0 aliphatic heterocycles. The van der Waals surface area contributed by atoms with Gasteiger partial charge >= 0.3 is 0 Å². The van der Waals surface area contributed by atoms with Gasteiger partial charge in [0.15, 0.2) is 12.5 Å². The lowest BCUT2D eigenvalue weighted by Gasteiger charge is -2.09. The molecule has 0 saturated carbocycles. The highest BCUT2D eigenvalue weighted by Gasteiger charge is 2.14. The van der Waals surface area contributed by atoms with Crippen molar-refractivity contribution in [2.45, 2.75) is 33.6 Å². The van der Waals surface area contributed by atoms with Crippen molar-refractivity contribution in [2.75, 3.05) is 5.32 Å². The highest BCUT2D eigenvalue weighted by molar-refractivity contribution is 6.32. The number of nitrogens with zero attached hydrogens (tertiary/aromatic N) is 2. The number of benzene rings is 2. The van der Waals surface area contributed by atoms with Crippen LogP contribution in [-0.2, 0) is 19.8 Å². The van der Waals surface area contributed by atoms with E-state index in [4.69, 9.17) is 25.5 Å². The van der Waals surface area contributed by atoms with E-state index in [1.807, 2.05) is 43.3 Å². The summed E-state index contributed by atoms with van der Waals surface area (Å²) >= 11 is 6.18. The van der Waals surface area contributed by atoms with Crippen LogP contribution in [0.2, 0.25) is 5.02 Å². The van der Waals surface area contributed by atoms with Crippen LogP contribution in [0, 0.1) is 6.92 Å². The Hall–Kier alpha value is -3.71. The summed E-state index contributed by atoms with van der Waals surface area (Å²) in [6.07, 6.45) is 4.22. The van der Waals surface area contributed by atoms with Crippen molar-refractivity contribution in [3.63, 3.8) is 0 Å². The number of ether oxygens (including phenoxy) is 2. The number of hydrogen-bond acceptors (Lipinski definition) is 5. The van der Waals surface area contributed by atoms with Gasteiger partial charge in [-0.1, -0.05) is 42.8 Å². The molecule has 1 N–H and O–H groups in total. The molecule has 2 aromatic heterocycles. The van der Waals surface area contributed by atoms with Gasteiger partial charge in [-0.3, -0.25) is 4.79 Å². The van der Waals surface area contributed by atoms with Gasteiger partial charge in [0.05, 0.1) is 23.1 Å². The van der Waals surface area contributed by atoms with Crippen LogP contribution in [0.25, 0.3) is 0 Å². The fourth-order valence-electron chi connectivity index (χ4n) is 3.17. The van der Waals surface area contributed by atoms with E-state index in [9.17, 15) is 4.79 Å². The minimum Gasteiger partial charge on any atom is -0.484 e. The molecule has 0 unspecified atom stereocenters. The Balaban J connectivity index is 1.30. The van der Waals surface area contributed by atoms with Crippen LogP contribution in [0.15, 0.2) is 71.4 Å². The maximum Gasteiger partial charge on any atom is 0.291 e. The molecule has 0 aliphatic rings. The maximum atomic E-state index is 12.5. The van der Waals surface area contributed by atoms with Crippen LogP contribution in [-0.4, -0.2) is 15.7 Å². The first kappa shape index (κ1) is 22.5. The molecule has 2 heterocycles. The first-order chi connectivity index (χ1) is 16.0. The molecule has 33 heavy (non-hydrogen) atoms. The van der Waals surface area contributed by atoms with Gasteiger partial charge in [-0.05, 0) is 54.8 Å². The number of furan rings is 1. The minimum absolute atomic E-state index is 0.159. The van der Waals surface area contributed by atoms with Crippen molar-refractivity contribution in [1.29, 1.82) is 0 Å². The molecule has 4 aromatic rings. The number of amides is 1. The van der Waals surface area contributed by atoms with Gasteiger partial charge in [0, 0.05) is 0 Å². The number of nitrogens with one attached hydrogen (secondary N) is 1. The van der Waals surface area contributed by atoms with E-state index < -0.39 is 0 Å². The van der Waals surface area contributed by atoms with Gasteiger partial charge in [0.1, 0.15) is 23.9 Å².